The highest BCUT2D eigenvalue weighted by molar-refractivity contribution is 5.96. The first-order chi connectivity index (χ1) is 9.78. The highest BCUT2D eigenvalue weighted by Crippen LogP contribution is 2.29. The molecule has 2 N–H and O–H groups in total. The number of hydrogen-bond donors (Lipinski definition) is 1. The molecule has 4 heteroatoms. The minimum absolute atomic E-state index is 0.217. The van der Waals surface area contributed by atoms with Crippen molar-refractivity contribution in [2.45, 2.75) is 25.8 Å². The van der Waals surface area contributed by atoms with Crippen molar-refractivity contribution >= 4 is 11.6 Å². The lowest BCUT2D eigenvalue weighted by Gasteiger charge is -2.23. The molecule has 1 atom stereocenters. The van der Waals surface area contributed by atoms with Crippen molar-refractivity contribution in [1.82, 2.24) is 4.90 Å². The van der Waals surface area contributed by atoms with Gasteiger partial charge < -0.3 is 10.6 Å². The largest absolute Gasteiger partial charge is 0.330 e. The Morgan fingerprint density at radius 3 is 2.65 bits per heavy atom. The van der Waals surface area contributed by atoms with Crippen LogP contribution in [0.2, 0.25) is 0 Å². The van der Waals surface area contributed by atoms with E-state index in [0.717, 1.165) is 18.8 Å². The van der Waals surface area contributed by atoms with E-state index in [-0.39, 0.29) is 5.91 Å². The summed E-state index contributed by atoms with van der Waals surface area (Å²) in [6.45, 7) is 4.66. The Labute approximate surface area is 120 Å². The molecular weight excluding hydrogens is 250 g/mol. The summed E-state index contributed by atoms with van der Waals surface area (Å²) in [5.41, 5.74) is 8.07. The zero-order valence-electron chi connectivity index (χ0n) is 11.9. The monoisotopic (exact) mass is 273 g/mol. The molecule has 1 unspecified atom stereocenters. The molecule has 20 heavy (non-hydrogen) atoms. The van der Waals surface area contributed by atoms with Crippen LogP contribution in [0.15, 0.2) is 24.3 Å². The van der Waals surface area contributed by atoms with Crippen molar-refractivity contribution in [1.29, 1.82) is 0 Å². The first-order valence-electron chi connectivity index (χ1n) is 7.58. The molecule has 0 spiro atoms. The first kappa shape index (κ1) is 13.6. The average molecular weight is 273 g/mol. The van der Waals surface area contributed by atoms with Gasteiger partial charge >= 0.3 is 0 Å². The van der Waals surface area contributed by atoms with Gasteiger partial charge in [-0.1, -0.05) is 18.2 Å². The summed E-state index contributed by atoms with van der Waals surface area (Å²) in [4.78, 5) is 16.6. The fourth-order valence-corrected chi connectivity index (χ4v) is 3.26. The standard InChI is InChI=1S/C16H23N3O/c17-10-13-9-16(20)19(11-13)15-6-2-1-5-14(15)12-18-7-3-4-8-18/h1-2,5-6,13H,3-4,7-12,17H2. The number of rotatable bonds is 4. The Hall–Kier alpha value is -1.39. The van der Waals surface area contributed by atoms with E-state index >= 15 is 0 Å². The van der Waals surface area contributed by atoms with Gasteiger partial charge in [0.2, 0.25) is 5.91 Å². The van der Waals surface area contributed by atoms with Crippen molar-refractivity contribution < 1.29 is 4.79 Å². The van der Waals surface area contributed by atoms with Gasteiger partial charge in [-0.15, -0.1) is 0 Å². The van der Waals surface area contributed by atoms with Crippen LogP contribution in [-0.2, 0) is 11.3 Å². The van der Waals surface area contributed by atoms with Crippen molar-refractivity contribution in [2.75, 3.05) is 31.1 Å². The van der Waals surface area contributed by atoms with E-state index < -0.39 is 0 Å². The molecule has 3 rings (SSSR count). The van der Waals surface area contributed by atoms with Crippen LogP contribution in [0.3, 0.4) is 0 Å². The third kappa shape index (κ3) is 2.72. The van der Waals surface area contributed by atoms with Crippen LogP contribution in [0.5, 0.6) is 0 Å². The number of amides is 1. The first-order valence-corrected chi connectivity index (χ1v) is 7.58. The fraction of sp³-hybridized carbons (Fsp3) is 0.562. The number of para-hydroxylation sites is 1. The molecule has 1 aromatic rings. The van der Waals surface area contributed by atoms with Gasteiger partial charge in [-0.3, -0.25) is 9.69 Å². The summed E-state index contributed by atoms with van der Waals surface area (Å²) >= 11 is 0. The van der Waals surface area contributed by atoms with Crippen molar-refractivity contribution in [3.05, 3.63) is 29.8 Å². The van der Waals surface area contributed by atoms with E-state index in [1.54, 1.807) is 0 Å². The number of hydrogen-bond acceptors (Lipinski definition) is 3. The Morgan fingerprint density at radius 1 is 1.20 bits per heavy atom. The van der Waals surface area contributed by atoms with Crippen molar-refractivity contribution in [3.63, 3.8) is 0 Å². The van der Waals surface area contributed by atoms with E-state index in [4.69, 9.17) is 5.73 Å². The molecule has 2 saturated heterocycles. The molecule has 4 nitrogen and oxygen atoms in total. The van der Waals surface area contributed by atoms with Crippen molar-refractivity contribution in [3.8, 4) is 0 Å². The molecule has 1 aromatic carbocycles. The van der Waals surface area contributed by atoms with Crippen LogP contribution >= 0.6 is 0 Å². The lowest BCUT2D eigenvalue weighted by Crippen LogP contribution is -2.28. The molecule has 2 aliphatic rings. The van der Waals surface area contributed by atoms with E-state index in [1.807, 2.05) is 11.0 Å². The highest BCUT2D eigenvalue weighted by Gasteiger charge is 2.31. The van der Waals surface area contributed by atoms with E-state index in [9.17, 15) is 4.79 Å². The summed E-state index contributed by atoms with van der Waals surface area (Å²) in [6.07, 6.45) is 3.18. The zero-order chi connectivity index (χ0) is 13.9. The second kappa shape index (κ2) is 5.94. The third-order valence-corrected chi connectivity index (χ3v) is 4.41. The molecule has 2 fully saturated rings. The van der Waals surface area contributed by atoms with Crippen molar-refractivity contribution in [2.24, 2.45) is 11.7 Å². The topological polar surface area (TPSA) is 49.6 Å². The summed E-state index contributed by atoms with van der Waals surface area (Å²) < 4.78 is 0. The third-order valence-electron chi connectivity index (χ3n) is 4.41. The van der Waals surface area contributed by atoms with Gasteiger partial charge in [0.1, 0.15) is 0 Å². The lowest BCUT2D eigenvalue weighted by atomic mass is 10.1. The van der Waals surface area contributed by atoms with Gasteiger partial charge in [-0.2, -0.15) is 0 Å². The van der Waals surface area contributed by atoms with Gasteiger partial charge in [0.05, 0.1) is 0 Å². The lowest BCUT2D eigenvalue weighted by molar-refractivity contribution is -0.117. The molecule has 0 aliphatic carbocycles. The number of carbonyl (C=O) groups is 1. The van der Waals surface area contributed by atoms with E-state index in [2.05, 4.69) is 23.1 Å². The van der Waals surface area contributed by atoms with Gasteiger partial charge in [0.25, 0.3) is 0 Å². The molecule has 0 aromatic heterocycles. The number of nitrogens with zero attached hydrogens (tertiary/aromatic N) is 2. The van der Waals surface area contributed by atoms with E-state index in [1.165, 1.54) is 31.5 Å². The normalized spacial score (nSPS) is 23.8. The number of nitrogens with two attached hydrogens (primary N) is 1. The Kier molecular flexibility index (Phi) is 4.03. The summed E-state index contributed by atoms with van der Waals surface area (Å²) in [5, 5.41) is 0. The number of likely N-dealkylation sites (tertiary alicyclic amines) is 1. The average Bonchev–Trinajstić information content (AvgIpc) is 3.09. The predicted molar refractivity (Wildman–Crippen MR) is 80.5 cm³/mol. The van der Waals surface area contributed by atoms with Gasteiger partial charge in [-0.25, -0.2) is 0 Å². The minimum atomic E-state index is 0.217. The SMILES string of the molecule is NCC1CC(=O)N(c2ccccc2CN2CCCC2)C1. The maximum atomic E-state index is 12.2. The van der Waals surface area contributed by atoms with Crippen LogP contribution in [0.25, 0.3) is 0 Å². The smallest absolute Gasteiger partial charge is 0.227 e. The molecule has 1 amide bonds. The molecule has 0 bridgehead atoms. The number of anilines is 1. The molecular formula is C16H23N3O. The van der Waals surface area contributed by atoms with Gasteiger partial charge in [-0.05, 0) is 50.0 Å². The quantitative estimate of drug-likeness (QED) is 0.906. The molecule has 0 radical (unpaired) electrons. The Bertz CT molecular complexity index is 482. The van der Waals surface area contributed by atoms with Crippen LogP contribution in [0.4, 0.5) is 5.69 Å². The van der Waals surface area contributed by atoms with Crippen LogP contribution in [0, 0.1) is 5.92 Å². The minimum Gasteiger partial charge on any atom is -0.330 e. The Balaban J connectivity index is 1.80. The van der Waals surface area contributed by atoms with E-state index in [0.29, 0.717) is 18.9 Å². The Morgan fingerprint density at radius 2 is 1.95 bits per heavy atom. The fourth-order valence-electron chi connectivity index (χ4n) is 3.26. The maximum absolute atomic E-state index is 12.2. The predicted octanol–water partition coefficient (Wildman–Crippen LogP) is 1.59. The van der Waals surface area contributed by atoms with Gasteiger partial charge in [0, 0.05) is 25.2 Å². The summed E-state index contributed by atoms with van der Waals surface area (Å²) in [5.74, 6) is 0.525. The molecule has 108 valence electrons. The summed E-state index contributed by atoms with van der Waals surface area (Å²) in [7, 11) is 0. The molecule has 0 saturated carbocycles. The highest BCUT2D eigenvalue weighted by atomic mass is 16.2. The number of carbonyl (C=O) groups excluding carboxylic acids is 1. The van der Waals surface area contributed by atoms with Crippen LogP contribution in [0.1, 0.15) is 24.8 Å². The number of benzene rings is 1. The second-order valence-electron chi connectivity index (χ2n) is 5.92. The maximum Gasteiger partial charge on any atom is 0.227 e. The zero-order valence-corrected chi connectivity index (χ0v) is 11.9. The van der Waals surface area contributed by atoms with Crippen LogP contribution in [-0.4, -0.2) is 37.0 Å². The summed E-state index contributed by atoms with van der Waals surface area (Å²) in [6, 6.07) is 8.31. The van der Waals surface area contributed by atoms with Gasteiger partial charge in [0.15, 0.2) is 0 Å². The second-order valence-corrected chi connectivity index (χ2v) is 5.92. The molecule has 2 heterocycles. The van der Waals surface area contributed by atoms with Crippen LogP contribution < -0.4 is 10.6 Å². The molecule has 2 aliphatic heterocycles.